The second-order valence-electron chi connectivity index (χ2n) is 9.41. The average Bonchev–Trinajstić information content (AvgIpc) is 3.10. The number of carbonyl (C=O) groups excluding carboxylic acids is 1. The van der Waals surface area contributed by atoms with Gasteiger partial charge in [-0.1, -0.05) is 42.5 Å². The summed E-state index contributed by atoms with van der Waals surface area (Å²) in [7, 11) is 0. The zero-order valence-corrected chi connectivity index (χ0v) is 21.5. The fraction of sp³-hybridized carbons (Fsp3) is 0.276. The molecule has 3 aromatic carbocycles. The van der Waals surface area contributed by atoms with Crippen LogP contribution in [0.2, 0.25) is 0 Å². The van der Waals surface area contributed by atoms with Crippen molar-refractivity contribution in [3.8, 4) is 0 Å². The number of carboxylic acids is 2. The van der Waals surface area contributed by atoms with E-state index in [1.54, 1.807) is 6.07 Å². The number of amides is 1. The van der Waals surface area contributed by atoms with Crippen molar-refractivity contribution in [3.63, 3.8) is 0 Å². The first kappa shape index (κ1) is 28.6. The summed E-state index contributed by atoms with van der Waals surface area (Å²) >= 11 is 0. The van der Waals surface area contributed by atoms with Gasteiger partial charge in [0.05, 0.1) is 23.5 Å². The number of rotatable bonds is 3. The molecule has 0 spiro atoms. The lowest BCUT2D eigenvalue weighted by Gasteiger charge is -2.37. The number of para-hydroxylation sites is 2. The van der Waals surface area contributed by atoms with Crippen molar-refractivity contribution in [3.05, 3.63) is 89.5 Å². The van der Waals surface area contributed by atoms with Crippen LogP contribution in [-0.2, 0) is 33.4 Å². The quantitative estimate of drug-likeness (QED) is 0.461. The molecule has 40 heavy (non-hydrogen) atoms. The number of alkyl halides is 3. The number of carbonyl (C=O) groups is 3. The lowest BCUT2D eigenvalue weighted by Crippen LogP contribution is -2.49. The summed E-state index contributed by atoms with van der Waals surface area (Å²) in [4.78, 5) is 37.7. The third-order valence-electron chi connectivity index (χ3n) is 6.83. The Labute approximate surface area is 228 Å². The van der Waals surface area contributed by atoms with Gasteiger partial charge in [0, 0.05) is 31.9 Å². The van der Waals surface area contributed by atoms with Crippen LogP contribution >= 0.6 is 0 Å². The molecule has 0 radical (unpaired) electrons. The summed E-state index contributed by atoms with van der Waals surface area (Å²) < 4.78 is 39.3. The van der Waals surface area contributed by atoms with Crippen molar-refractivity contribution in [1.29, 1.82) is 0 Å². The number of nitrogens with zero attached hydrogens (tertiary/aromatic N) is 3. The van der Waals surface area contributed by atoms with E-state index in [1.807, 2.05) is 46.2 Å². The number of halogens is 3. The lowest BCUT2D eigenvalue weighted by molar-refractivity contribution is -0.159. The summed E-state index contributed by atoms with van der Waals surface area (Å²) in [6.45, 7) is 2.63. The Hall–Kier alpha value is -4.38. The number of hydrogen-bond donors (Lipinski definition) is 2. The zero-order valence-electron chi connectivity index (χ0n) is 21.5. The van der Waals surface area contributed by atoms with Crippen LogP contribution in [0.5, 0.6) is 0 Å². The molecule has 1 saturated heterocycles. The van der Waals surface area contributed by atoms with E-state index in [0.717, 1.165) is 41.4 Å². The number of carboxylic acid groups (broad SMARTS) is 2. The monoisotopic (exact) mass is 555 g/mol. The van der Waals surface area contributed by atoms with E-state index in [1.165, 1.54) is 12.1 Å². The number of hydrogen-bond acceptors (Lipinski definition) is 5. The number of fused-ring (bicyclic) bond motifs is 2. The molecule has 8 nitrogen and oxygen atoms in total. The Morgan fingerprint density at radius 2 is 1.25 bits per heavy atom. The number of piperazine rings is 1. The van der Waals surface area contributed by atoms with Gasteiger partial charge in [0.1, 0.15) is 0 Å². The van der Waals surface area contributed by atoms with Crippen LogP contribution < -0.4 is 9.80 Å². The molecule has 210 valence electrons. The normalized spacial score (nSPS) is 15.2. The van der Waals surface area contributed by atoms with Crippen LogP contribution in [0, 0.1) is 0 Å². The van der Waals surface area contributed by atoms with Gasteiger partial charge < -0.3 is 15.1 Å². The van der Waals surface area contributed by atoms with E-state index in [-0.39, 0.29) is 12.5 Å². The number of benzene rings is 3. The smallest absolute Gasteiger partial charge is 0.416 e. The van der Waals surface area contributed by atoms with Crippen LogP contribution in [0.1, 0.15) is 16.7 Å². The van der Waals surface area contributed by atoms with Crippen molar-refractivity contribution in [1.82, 2.24) is 4.90 Å². The van der Waals surface area contributed by atoms with Gasteiger partial charge in [-0.05, 0) is 54.3 Å². The van der Waals surface area contributed by atoms with Crippen molar-refractivity contribution in [2.75, 3.05) is 42.5 Å². The molecule has 5 rings (SSSR count). The Balaban J connectivity index is 0.000000557. The minimum Gasteiger partial charge on any atom is -0.473 e. The molecule has 2 heterocycles. The molecule has 0 aromatic heterocycles. The zero-order chi connectivity index (χ0) is 28.9. The topological polar surface area (TPSA) is 101 Å². The third kappa shape index (κ3) is 6.78. The Morgan fingerprint density at radius 3 is 1.75 bits per heavy atom. The SMILES string of the molecule is O=C(CN1CCN(c2cccc(C(F)(F)F)c2)CC1)N1c2ccccc2CCc2ccccc21.O=C(O)C(=O)O. The fourth-order valence-electron chi connectivity index (χ4n) is 4.85. The van der Waals surface area contributed by atoms with E-state index < -0.39 is 23.7 Å². The second-order valence-corrected chi connectivity index (χ2v) is 9.41. The Kier molecular flexibility index (Phi) is 8.73. The average molecular weight is 556 g/mol. The molecule has 11 heteroatoms. The van der Waals surface area contributed by atoms with Crippen LogP contribution in [0.25, 0.3) is 0 Å². The van der Waals surface area contributed by atoms with E-state index in [2.05, 4.69) is 17.0 Å². The van der Waals surface area contributed by atoms with Gasteiger partial charge in [-0.15, -0.1) is 0 Å². The van der Waals surface area contributed by atoms with Gasteiger partial charge in [-0.2, -0.15) is 13.2 Å². The highest BCUT2D eigenvalue weighted by molar-refractivity contribution is 6.27. The van der Waals surface area contributed by atoms with Gasteiger partial charge >= 0.3 is 18.1 Å². The minimum atomic E-state index is -4.36. The molecule has 0 aliphatic carbocycles. The Morgan fingerprint density at radius 1 is 0.725 bits per heavy atom. The highest BCUT2D eigenvalue weighted by atomic mass is 19.4. The summed E-state index contributed by atoms with van der Waals surface area (Å²) in [5.41, 5.74) is 4.10. The summed E-state index contributed by atoms with van der Waals surface area (Å²) in [6, 6.07) is 21.5. The first-order chi connectivity index (χ1) is 19.0. The maximum Gasteiger partial charge on any atom is 0.416 e. The molecule has 2 aliphatic rings. The molecule has 2 aliphatic heterocycles. The molecule has 1 amide bonds. The number of aryl methyl sites for hydroxylation is 2. The van der Waals surface area contributed by atoms with E-state index in [0.29, 0.717) is 31.9 Å². The largest absolute Gasteiger partial charge is 0.473 e. The number of anilines is 3. The van der Waals surface area contributed by atoms with Gasteiger partial charge in [-0.3, -0.25) is 14.6 Å². The first-order valence-corrected chi connectivity index (χ1v) is 12.6. The van der Waals surface area contributed by atoms with Gasteiger partial charge in [-0.25, -0.2) is 9.59 Å². The number of aliphatic carboxylic acids is 2. The van der Waals surface area contributed by atoms with Gasteiger partial charge in [0.25, 0.3) is 0 Å². The Bertz CT molecular complexity index is 1330. The van der Waals surface area contributed by atoms with Crippen molar-refractivity contribution < 1.29 is 37.8 Å². The summed E-state index contributed by atoms with van der Waals surface area (Å²) in [5.74, 6) is -3.64. The van der Waals surface area contributed by atoms with Gasteiger partial charge in [0.2, 0.25) is 5.91 Å². The molecule has 3 aromatic rings. The standard InChI is InChI=1S/C27H26F3N3O.C2H2O4/c28-27(29,30)22-8-5-9-23(18-22)32-16-14-31(15-17-32)19-26(34)33-24-10-3-1-6-20(24)12-13-21-7-2-4-11-25(21)33;3-1(4)2(5)6/h1-11,18H,12-17,19H2;(H,3,4)(H,5,6). The summed E-state index contributed by atoms with van der Waals surface area (Å²) in [5, 5.41) is 14.8. The van der Waals surface area contributed by atoms with Crippen LogP contribution in [0.3, 0.4) is 0 Å². The van der Waals surface area contributed by atoms with Crippen molar-refractivity contribution >= 4 is 34.9 Å². The maximum atomic E-state index is 13.6. The third-order valence-corrected chi connectivity index (χ3v) is 6.83. The fourth-order valence-corrected chi connectivity index (χ4v) is 4.85. The second kappa shape index (κ2) is 12.2. The van der Waals surface area contributed by atoms with Crippen molar-refractivity contribution in [2.45, 2.75) is 19.0 Å². The molecule has 0 atom stereocenters. The molecule has 2 N–H and O–H groups in total. The predicted molar refractivity (Wildman–Crippen MR) is 143 cm³/mol. The molecular formula is C29H28F3N3O5. The summed E-state index contributed by atoms with van der Waals surface area (Å²) in [6.07, 6.45) is -2.59. The van der Waals surface area contributed by atoms with Crippen LogP contribution in [-0.4, -0.2) is 65.7 Å². The molecule has 1 fully saturated rings. The minimum absolute atomic E-state index is 0.00863. The molecule has 0 unspecified atom stereocenters. The predicted octanol–water partition coefficient (Wildman–Crippen LogP) is 4.45. The lowest BCUT2D eigenvalue weighted by atomic mass is 10.0. The van der Waals surface area contributed by atoms with E-state index >= 15 is 0 Å². The van der Waals surface area contributed by atoms with E-state index in [9.17, 15) is 18.0 Å². The molecule has 0 bridgehead atoms. The van der Waals surface area contributed by atoms with Gasteiger partial charge in [0.15, 0.2) is 0 Å². The highest BCUT2D eigenvalue weighted by Crippen LogP contribution is 2.36. The van der Waals surface area contributed by atoms with Crippen molar-refractivity contribution in [2.24, 2.45) is 0 Å². The van der Waals surface area contributed by atoms with Crippen LogP contribution in [0.4, 0.5) is 30.2 Å². The van der Waals surface area contributed by atoms with E-state index in [4.69, 9.17) is 19.8 Å². The molecule has 0 saturated carbocycles. The highest BCUT2D eigenvalue weighted by Gasteiger charge is 2.32. The first-order valence-electron chi connectivity index (χ1n) is 12.6. The van der Waals surface area contributed by atoms with Crippen LogP contribution in [0.15, 0.2) is 72.8 Å². The molecular weight excluding hydrogens is 527 g/mol. The maximum absolute atomic E-state index is 13.6.